The summed E-state index contributed by atoms with van der Waals surface area (Å²) in [6.45, 7) is 3.75. The third kappa shape index (κ3) is 2.32. The van der Waals surface area contributed by atoms with Gasteiger partial charge in [-0.25, -0.2) is 0 Å². The quantitative estimate of drug-likeness (QED) is 0.683. The Labute approximate surface area is 90.1 Å². The first kappa shape index (κ1) is 9.66. The lowest BCUT2D eigenvalue weighted by molar-refractivity contribution is 1.27. The highest BCUT2D eigenvalue weighted by Gasteiger charge is 1.97. The molecule has 1 heterocycles. The van der Waals surface area contributed by atoms with E-state index in [2.05, 4.69) is 41.9 Å². The summed E-state index contributed by atoms with van der Waals surface area (Å²) in [6.07, 6.45) is 6.50. The van der Waals surface area contributed by atoms with Crippen molar-refractivity contribution in [1.29, 1.82) is 0 Å². The molecule has 1 heteroatoms. The maximum absolute atomic E-state index is 4.12. The second-order valence-electron chi connectivity index (χ2n) is 3.43. The van der Waals surface area contributed by atoms with Crippen molar-refractivity contribution in [2.45, 2.75) is 6.42 Å². The van der Waals surface area contributed by atoms with Gasteiger partial charge in [-0.1, -0.05) is 36.4 Å². The predicted molar refractivity (Wildman–Crippen MR) is 63.6 cm³/mol. The first-order valence-corrected chi connectivity index (χ1v) is 5.00. The van der Waals surface area contributed by atoms with E-state index in [0.29, 0.717) is 0 Å². The first-order chi connectivity index (χ1) is 7.40. The van der Waals surface area contributed by atoms with Gasteiger partial charge in [0.25, 0.3) is 0 Å². The molecule has 0 fully saturated rings. The van der Waals surface area contributed by atoms with Crippen molar-refractivity contribution in [3.63, 3.8) is 0 Å². The Morgan fingerprint density at radius 1 is 1.13 bits per heavy atom. The monoisotopic (exact) mass is 195 g/mol. The molecule has 0 saturated carbocycles. The van der Waals surface area contributed by atoms with E-state index in [9.17, 15) is 0 Å². The van der Waals surface area contributed by atoms with Crippen LogP contribution in [0.25, 0.3) is 11.1 Å². The van der Waals surface area contributed by atoms with Gasteiger partial charge in [0.05, 0.1) is 0 Å². The van der Waals surface area contributed by atoms with E-state index >= 15 is 0 Å². The summed E-state index contributed by atoms with van der Waals surface area (Å²) < 4.78 is 0. The summed E-state index contributed by atoms with van der Waals surface area (Å²) in [5.41, 5.74) is 3.65. The first-order valence-electron chi connectivity index (χ1n) is 5.00. The van der Waals surface area contributed by atoms with Gasteiger partial charge < -0.3 is 0 Å². The Hall–Kier alpha value is -1.89. The second kappa shape index (κ2) is 4.56. The largest absolute Gasteiger partial charge is 0.264 e. The Balaban J connectivity index is 2.37. The molecule has 0 radical (unpaired) electrons. The van der Waals surface area contributed by atoms with E-state index < -0.39 is 0 Å². The SMILES string of the molecule is C=CCc1cccc(-c2cccnc2)c1. The van der Waals surface area contributed by atoms with Crippen molar-refractivity contribution in [2.75, 3.05) is 0 Å². The minimum atomic E-state index is 0.911. The third-order valence-corrected chi connectivity index (χ3v) is 2.30. The molecule has 2 aromatic rings. The van der Waals surface area contributed by atoms with Gasteiger partial charge in [0, 0.05) is 12.4 Å². The third-order valence-electron chi connectivity index (χ3n) is 2.30. The summed E-state index contributed by atoms with van der Waals surface area (Å²) >= 11 is 0. The molecule has 0 atom stereocenters. The molecule has 1 nitrogen and oxygen atoms in total. The summed E-state index contributed by atoms with van der Waals surface area (Å²) in [6, 6.07) is 12.5. The summed E-state index contributed by atoms with van der Waals surface area (Å²) in [7, 11) is 0. The van der Waals surface area contributed by atoms with Gasteiger partial charge in [0.1, 0.15) is 0 Å². The van der Waals surface area contributed by atoms with Crippen LogP contribution in [0.1, 0.15) is 5.56 Å². The zero-order valence-corrected chi connectivity index (χ0v) is 8.56. The number of benzene rings is 1. The molecular weight excluding hydrogens is 182 g/mol. The van der Waals surface area contributed by atoms with E-state index in [-0.39, 0.29) is 0 Å². The van der Waals surface area contributed by atoms with Crippen LogP contribution >= 0.6 is 0 Å². The highest BCUT2D eigenvalue weighted by Crippen LogP contribution is 2.19. The smallest absolute Gasteiger partial charge is 0.0346 e. The van der Waals surface area contributed by atoms with Crippen LogP contribution in [0.2, 0.25) is 0 Å². The highest BCUT2D eigenvalue weighted by molar-refractivity contribution is 5.63. The molecule has 0 spiro atoms. The number of hydrogen-bond acceptors (Lipinski definition) is 1. The number of hydrogen-bond donors (Lipinski definition) is 0. The number of allylic oxidation sites excluding steroid dienone is 1. The standard InChI is InChI=1S/C14H13N/c1-2-5-12-6-3-7-13(10-12)14-8-4-9-15-11-14/h2-4,6-11H,1,5H2. The van der Waals surface area contributed by atoms with Gasteiger partial charge in [-0.15, -0.1) is 6.58 Å². The zero-order chi connectivity index (χ0) is 10.5. The van der Waals surface area contributed by atoms with Gasteiger partial charge >= 0.3 is 0 Å². The van der Waals surface area contributed by atoms with Crippen LogP contribution in [-0.4, -0.2) is 4.98 Å². The van der Waals surface area contributed by atoms with Crippen molar-refractivity contribution in [1.82, 2.24) is 4.98 Å². The Morgan fingerprint density at radius 2 is 2.00 bits per heavy atom. The molecule has 15 heavy (non-hydrogen) atoms. The lowest BCUT2D eigenvalue weighted by Gasteiger charge is -2.03. The molecular formula is C14H13N. The van der Waals surface area contributed by atoms with E-state index in [1.54, 1.807) is 6.20 Å². The normalized spacial score (nSPS) is 9.87. The van der Waals surface area contributed by atoms with Crippen LogP contribution in [0, 0.1) is 0 Å². The fraction of sp³-hybridized carbons (Fsp3) is 0.0714. The molecule has 74 valence electrons. The average molecular weight is 195 g/mol. The zero-order valence-electron chi connectivity index (χ0n) is 8.56. The molecule has 0 aliphatic rings. The maximum Gasteiger partial charge on any atom is 0.0346 e. The summed E-state index contributed by atoms with van der Waals surface area (Å²) in [5, 5.41) is 0. The highest BCUT2D eigenvalue weighted by atomic mass is 14.6. The van der Waals surface area contributed by atoms with E-state index in [0.717, 1.165) is 12.0 Å². The maximum atomic E-state index is 4.12. The van der Waals surface area contributed by atoms with Crippen LogP contribution in [-0.2, 0) is 6.42 Å². The van der Waals surface area contributed by atoms with Crippen molar-refractivity contribution in [2.24, 2.45) is 0 Å². The van der Waals surface area contributed by atoms with Gasteiger partial charge in [0.15, 0.2) is 0 Å². The van der Waals surface area contributed by atoms with Crippen LogP contribution in [0.5, 0.6) is 0 Å². The Kier molecular flexibility index (Phi) is 2.93. The van der Waals surface area contributed by atoms with Gasteiger partial charge in [-0.05, 0) is 29.2 Å². The van der Waals surface area contributed by atoms with Crippen LogP contribution in [0.15, 0.2) is 61.4 Å². The van der Waals surface area contributed by atoms with E-state index in [1.807, 2.05) is 18.3 Å². The molecule has 0 aliphatic carbocycles. The van der Waals surface area contributed by atoms with Gasteiger partial charge in [-0.2, -0.15) is 0 Å². The molecule has 0 saturated heterocycles. The van der Waals surface area contributed by atoms with E-state index in [1.165, 1.54) is 11.1 Å². The number of pyridine rings is 1. The molecule has 0 amide bonds. The minimum Gasteiger partial charge on any atom is -0.264 e. The number of nitrogens with zero attached hydrogens (tertiary/aromatic N) is 1. The molecule has 1 aromatic carbocycles. The molecule has 0 aliphatic heterocycles. The number of rotatable bonds is 3. The summed E-state index contributed by atoms with van der Waals surface area (Å²) in [4.78, 5) is 4.12. The van der Waals surface area contributed by atoms with Crippen LogP contribution in [0.3, 0.4) is 0 Å². The molecule has 1 aromatic heterocycles. The minimum absolute atomic E-state index is 0.911. The molecule has 0 bridgehead atoms. The molecule has 0 unspecified atom stereocenters. The van der Waals surface area contributed by atoms with Gasteiger partial charge in [0.2, 0.25) is 0 Å². The van der Waals surface area contributed by atoms with Crippen LogP contribution < -0.4 is 0 Å². The van der Waals surface area contributed by atoms with Crippen molar-refractivity contribution in [3.05, 3.63) is 67.0 Å². The van der Waals surface area contributed by atoms with Crippen molar-refractivity contribution < 1.29 is 0 Å². The number of aromatic nitrogens is 1. The van der Waals surface area contributed by atoms with E-state index in [4.69, 9.17) is 0 Å². The lowest BCUT2D eigenvalue weighted by atomic mass is 10.0. The summed E-state index contributed by atoms with van der Waals surface area (Å²) in [5.74, 6) is 0. The lowest BCUT2D eigenvalue weighted by Crippen LogP contribution is -1.83. The Morgan fingerprint density at radius 3 is 2.73 bits per heavy atom. The van der Waals surface area contributed by atoms with Crippen LogP contribution in [0.4, 0.5) is 0 Å². The Bertz CT molecular complexity index is 446. The van der Waals surface area contributed by atoms with Crippen molar-refractivity contribution in [3.8, 4) is 11.1 Å². The van der Waals surface area contributed by atoms with Gasteiger partial charge in [-0.3, -0.25) is 4.98 Å². The topological polar surface area (TPSA) is 12.9 Å². The fourth-order valence-electron chi connectivity index (χ4n) is 1.58. The average Bonchev–Trinajstić information content (AvgIpc) is 2.31. The molecule has 2 rings (SSSR count). The molecule has 0 N–H and O–H groups in total. The second-order valence-corrected chi connectivity index (χ2v) is 3.43. The predicted octanol–water partition coefficient (Wildman–Crippen LogP) is 3.48. The van der Waals surface area contributed by atoms with Crippen molar-refractivity contribution >= 4 is 0 Å². The fourth-order valence-corrected chi connectivity index (χ4v) is 1.58.